The Morgan fingerprint density at radius 2 is 2.05 bits per heavy atom. The smallest absolute Gasteiger partial charge is 0.150 e. The first-order valence-electron chi connectivity index (χ1n) is 7.70. The van der Waals surface area contributed by atoms with E-state index in [0.29, 0.717) is 13.0 Å². The number of ether oxygens (including phenoxy) is 1. The zero-order chi connectivity index (χ0) is 15.2. The van der Waals surface area contributed by atoms with Gasteiger partial charge in [-0.1, -0.05) is 19.8 Å². The minimum absolute atomic E-state index is 0.0412. The Labute approximate surface area is 123 Å². The van der Waals surface area contributed by atoms with Crippen LogP contribution < -0.4 is 11.3 Å². The maximum atomic E-state index is 11.8. The van der Waals surface area contributed by atoms with Crippen molar-refractivity contribution in [2.24, 2.45) is 11.8 Å². The van der Waals surface area contributed by atoms with E-state index in [1.165, 1.54) is 6.26 Å². The molecule has 1 aliphatic carbocycles. The predicted octanol–water partition coefficient (Wildman–Crippen LogP) is 1.63. The van der Waals surface area contributed by atoms with Crippen LogP contribution in [0.3, 0.4) is 0 Å². The fourth-order valence-corrected chi connectivity index (χ4v) is 4.50. The Bertz CT molecular complexity index is 367. The molecule has 120 valence electrons. The number of hydrogen-bond donors (Lipinski definition) is 2. The molecule has 1 saturated carbocycles. The molecule has 1 rings (SSSR count). The van der Waals surface area contributed by atoms with Crippen molar-refractivity contribution in [2.75, 3.05) is 12.9 Å². The lowest BCUT2D eigenvalue weighted by molar-refractivity contribution is 0.00610. The summed E-state index contributed by atoms with van der Waals surface area (Å²) in [7, 11) is -2.96. The number of nitrogens with one attached hydrogen (secondary N) is 1. The Hall–Kier alpha value is -0.170. The molecule has 0 aromatic carbocycles. The van der Waals surface area contributed by atoms with E-state index in [1.807, 2.05) is 6.92 Å². The van der Waals surface area contributed by atoms with Crippen molar-refractivity contribution in [3.05, 3.63) is 0 Å². The second kappa shape index (κ2) is 8.32. The number of hydrogen-bond acceptors (Lipinski definition) is 5. The van der Waals surface area contributed by atoms with Crippen LogP contribution in [0.1, 0.15) is 52.4 Å². The minimum Gasteiger partial charge on any atom is -0.377 e. The molecule has 4 atom stereocenters. The van der Waals surface area contributed by atoms with Crippen LogP contribution in [0.25, 0.3) is 0 Å². The molecule has 0 bridgehead atoms. The second-order valence-corrected chi connectivity index (χ2v) is 8.18. The molecule has 0 aliphatic heterocycles. The van der Waals surface area contributed by atoms with E-state index in [-0.39, 0.29) is 23.3 Å². The summed E-state index contributed by atoms with van der Waals surface area (Å²) < 4.78 is 29.4. The third kappa shape index (κ3) is 4.98. The van der Waals surface area contributed by atoms with Gasteiger partial charge in [0.2, 0.25) is 0 Å². The quantitative estimate of drug-likeness (QED) is 0.526. The van der Waals surface area contributed by atoms with Gasteiger partial charge in [-0.3, -0.25) is 11.3 Å². The SMILES string of the molecule is CCCC(OCC)C(NN)C1CCCC(S(C)(=O)=O)C1. The van der Waals surface area contributed by atoms with E-state index < -0.39 is 9.84 Å². The number of hydrazine groups is 1. The molecule has 1 aliphatic rings. The van der Waals surface area contributed by atoms with Crippen LogP contribution in [0, 0.1) is 5.92 Å². The first kappa shape index (κ1) is 17.9. The van der Waals surface area contributed by atoms with Crippen molar-refractivity contribution in [2.45, 2.75) is 69.8 Å². The van der Waals surface area contributed by atoms with E-state index in [9.17, 15) is 8.42 Å². The van der Waals surface area contributed by atoms with Gasteiger partial charge in [-0.25, -0.2) is 8.42 Å². The Morgan fingerprint density at radius 3 is 2.55 bits per heavy atom. The van der Waals surface area contributed by atoms with Gasteiger partial charge in [0, 0.05) is 12.9 Å². The van der Waals surface area contributed by atoms with Crippen LogP contribution in [-0.2, 0) is 14.6 Å². The number of nitrogens with two attached hydrogens (primary N) is 1. The molecule has 1 fully saturated rings. The third-order valence-electron chi connectivity index (χ3n) is 4.33. The molecule has 0 aromatic rings. The Balaban J connectivity index is 2.76. The maximum Gasteiger partial charge on any atom is 0.150 e. The lowest BCUT2D eigenvalue weighted by Crippen LogP contribution is -2.51. The first-order valence-corrected chi connectivity index (χ1v) is 9.66. The van der Waals surface area contributed by atoms with E-state index in [1.54, 1.807) is 0 Å². The van der Waals surface area contributed by atoms with Crippen LogP contribution in [0.4, 0.5) is 0 Å². The van der Waals surface area contributed by atoms with Crippen molar-refractivity contribution in [3.63, 3.8) is 0 Å². The van der Waals surface area contributed by atoms with Crippen LogP contribution in [0.5, 0.6) is 0 Å². The highest BCUT2D eigenvalue weighted by Crippen LogP contribution is 2.32. The van der Waals surface area contributed by atoms with Crippen LogP contribution in [0.2, 0.25) is 0 Å². The molecular weight excluding hydrogens is 276 g/mol. The van der Waals surface area contributed by atoms with Gasteiger partial charge in [0.15, 0.2) is 0 Å². The standard InChI is InChI=1S/C14H30N2O3S/c1-4-7-13(19-5-2)14(16-15)11-8-6-9-12(10-11)20(3,17)18/h11-14,16H,4-10,15H2,1-3H3. The van der Waals surface area contributed by atoms with Gasteiger partial charge < -0.3 is 4.74 Å². The first-order chi connectivity index (χ1) is 9.43. The number of sulfone groups is 1. The van der Waals surface area contributed by atoms with Crippen LogP contribution in [0.15, 0.2) is 0 Å². The molecule has 0 aromatic heterocycles. The van der Waals surface area contributed by atoms with E-state index in [0.717, 1.165) is 32.1 Å². The molecule has 20 heavy (non-hydrogen) atoms. The summed E-state index contributed by atoms with van der Waals surface area (Å²) in [4.78, 5) is 0. The topological polar surface area (TPSA) is 81.4 Å². The zero-order valence-corrected chi connectivity index (χ0v) is 13.8. The molecular formula is C14H30N2O3S. The molecule has 0 saturated heterocycles. The summed E-state index contributed by atoms with van der Waals surface area (Å²) in [5, 5.41) is -0.221. The maximum absolute atomic E-state index is 11.8. The summed E-state index contributed by atoms with van der Waals surface area (Å²) in [6.45, 7) is 4.77. The summed E-state index contributed by atoms with van der Waals surface area (Å²) in [5.74, 6) is 6.01. The van der Waals surface area contributed by atoms with Gasteiger partial charge in [0.1, 0.15) is 9.84 Å². The van der Waals surface area contributed by atoms with Gasteiger partial charge in [-0.15, -0.1) is 0 Å². The summed E-state index contributed by atoms with van der Waals surface area (Å²) in [6.07, 6.45) is 6.84. The van der Waals surface area contributed by atoms with Crippen molar-refractivity contribution in [1.82, 2.24) is 5.43 Å². The third-order valence-corrected chi connectivity index (χ3v) is 5.97. The van der Waals surface area contributed by atoms with E-state index in [2.05, 4.69) is 12.3 Å². The summed E-state index contributed by atoms with van der Waals surface area (Å²) in [6, 6.07) is 0.0412. The highest BCUT2D eigenvalue weighted by molar-refractivity contribution is 7.91. The fraction of sp³-hybridized carbons (Fsp3) is 1.00. The lowest BCUT2D eigenvalue weighted by atomic mass is 9.81. The van der Waals surface area contributed by atoms with Gasteiger partial charge in [0.05, 0.1) is 17.4 Å². The van der Waals surface area contributed by atoms with Crippen molar-refractivity contribution >= 4 is 9.84 Å². The minimum atomic E-state index is -2.96. The molecule has 0 heterocycles. The molecule has 4 unspecified atom stereocenters. The van der Waals surface area contributed by atoms with E-state index in [4.69, 9.17) is 10.6 Å². The lowest BCUT2D eigenvalue weighted by Gasteiger charge is -2.37. The highest BCUT2D eigenvalue weighted by Gasteiger charge is 2.36. The Morgan fingerprint density at radius 1 is 1.35 bits per heavy atom. The largest absolute Gasteiger partial charge is 0.377 e. The van der Waals surface area contributed by atoms with E-state index >= 15 is 0 Å². The van der Waals surface area contributed by atoms with Crippen LogP contribution in [-0.4, -0.2) is 38.7 Å². The second-order valence-electron chi connectivity index (χ2n) is 5.85. The van der Waals surface area contributed by atoms with Crippen molar-refractivity contribution < 1.29 is 13.2 Å². The van der Waals surface area contributed by atoms with Gasteiger partial charge >= 0.3 is 0 Å². The van der Waals surface area contributed by atoms with Crippen molar-refractivity contribution in [3.8, 4) is 0 Å². The summed E-state index contributed by atoms with van der Waals surface area (Å²) in [5.41, 5.74) is 2.89. The van der Waals surface area contributed by atoms with Gasteiger partial charge in [-0.05, 0) is 38.5 Å². The average molecular weight is 306 g/mol. The predicted molar refractivity (Wildman–Crippen MR) is 82.0 cm³/mol. The molecule has 6 heteroatoms. The molecule has 3 N–H and O–H groups in total. The zero-order valence-electron chi connectivity index (χ0n) is 13.0. The molecule has 0 radical (unpaired) electrons. The van der Waals surface area contributed by atoms with Gasteiger partial charge in [0.25, 0.3) is 0 Å². The number of rotatable bonds is 8. The summed E-state index contributed by atoms with van der Waals surface area (Å²) >= 11 is 0. The normalized spacial score (nSPS) is 27.2. The molecule has 0 amide bonds. The molecule has 5 nitrogen and oxygen atoms in total. The fourth-order valence-electron chi connectivity index (χ4n) is 3.31. The van der Waals surface area contributed by atoms with Gasteiger partial charge in [-0.2, -0.15) is 0 Å². The van der Waals surface area contributed by atoms with Crippen LogP contribution >= 0.6 is 0 Å². The Kier molecular flexibility index (Phi) is 7.43. The monoisotopic (exact) mass is 306 g/mol. The highest BCUT2D eigenvalue weighted by atomic mass is 32.2. The van der Waals surface area contributed by atoms with Crippen molar-refractivity contribution in [1.29, 1.82) is 0 Å². The molecule has 0 spiro atoms. The average Bonchev–Trinajstić information content (AvgIpc) is 2.39.